The van der Waals surface area contributed by atoms with E-state index in [0.717, 1.165) is 0 Å². The average Bonchev–Trinajstić information content (AvgIpc) is 2.76. The molecule has 0 aliphatic rings. The van der Waals surface area contributed by atoms with Gasteiger partial charge in [-0.25, -0.2) is 10.1 Å². The van der Waals surface area contributed by atoms with Crippen molar-refractivity contribution in [2.45, 2.75) is 13.8 Å². The Balaban J connectivity index is 2.11. The third-order valence-electron chi connectivity index (χ3n) is 2.15. The van der Waals surface area contributed by atoms with Crippen LogP contribution in [0.4, 0.5) is 5.95 Å². The number of aromatic amines is 1. The van der Waals surface area contributed by atoms with E-state index in [1.54, 1.807) is 13.0 Å². The zero-order valence-corrected chi connectivity index (χ0v) is 11.2. The number of H-pyrrole nitrogens is 1. The predicted octanol–water partition coefficient (Wildman–Crippen LogP) is 1.81. The second kappa shape index (κ2) is 5.66. The molecule has 8 heteroatoms. The van der Waals surface area contributed by atoms with E-state index in [1.807, 2.05) is 6.92 Å². The van der Waals surface area contributed by atoms with Crippen molar-refractivity contribution in [3.8, 4) is 6.01 Å². The number of halogens is 1. The zero-order chi connectivity index (χ0) is 13.8. The number of aromatic nitrogens is 4. The molecule has 1 amide bonds. The van der Waals surface area contributed by atoms with E-state index >= 15 is 0 Å². The smallest absolute Gasteiger partial charge is 0.337 e. The van der Waals surface area contributed by atoms with Crippen LogP contribution < -0.4 is 10.1 Å². The van der Waals surface area contributed by atoms with Gasteiger partial charge >= 0.3 is 6.01 Å². The van der Waals surface area contributed by atoms with Crippen LogP contribution in [0.3, 0.4) is 0 Å². The molecule has 100 valence electrons. The Morgan fingerprint density at radius 2 is 2.26 bits per heavy atom. The summed E-state index contributed by atoms with van der Waals surface area (Å²) >= 11 is 5.80. The second-order valence-corrected chi connectivity index (χ2v) is 4.06. The van der Waals surface area contributed by atoms with Crippen molar-refractivity contribution >= 4 is 23.5 Å². The highest BCUT2D eigenvalue weighted by atomic mass is 35.5. The van der Waals surface area contributed by atoms with Crippen LogP contribution in [0.15, 0.2) is 12.1 Å². The maximum absolute atomic E-state index is 12.0. The Kier molecular flexibility index (Phi) is 3.96. The first kappa shape index (κ1) is 13.3. The first-order chi connectivity index (χ1) is 9.08. The van der Waals surface area contributed by atoms with Gasteiger partial charge in [0.2, 0.25) is 5.95 Å². The number of nitrogens with zero attached hydrogens (tertiary/aromatic N) is 3. The fraction of sp³-hybridized carbons (Fsp3) is 0.273. The number of hydrogen-bond donors (Lipinski definition) is 2. The van der Waals surface area contributed by atoms with Gasteiger partial charge in [0, 0.05) is 11.3 Å². The third kappa shape index (κ3) is 3.41. The van der Waals surface area contributed by atoms with E-state index in [4.69, 9.17) is 16.3 Å². The molecule has 2 aromatic heterocycles. The maximum Gasteiger partial charge on any atom is 0.337 e. The molecule has 0 aromatic carbocycles. The molecule has 0 atom stereocenters. The molecule has 0 radical (unpaired) electrons. The standard InChI is InChI=1S/C11H12ClN5O2/c1-3-19-11-15-10(16-17-11)14-9(18)7-4-6(2)13-8(12)5-7/h4-5H,3H2,1-2H3,(H2,14,15,16,17,18). The molecule has 0 saturated carbocycles. The van der Waals surface area contributed by atoms with Gasteiger partial charge in [0.1, 0.15) is 5.15 Å². The lowest BCUT2D eigenvalue weighted by Crippen LogP contribution is -2.13. The first-order valence-corrected chi connectivity index (χ1v) is 5.97. The van der Waals surface area contributed by atoms with Gasteiger partial charge in [-0.1, -0.05) is 11.6 Å². The van der Waals surface area contributed by atoms with Gasteiger partial charge in [-0.05, 0) is 26.0 Å². The topological polar surface area (TPSA) is 92.8 Å². The van der Waals surface area contributed by atoms with E-state index in [1.165, 1.54) is 6.07 Å². The molecule has 7 nitrogen and oxygen atoms in total. The summed E-state index contributed by atoms with van der Waals surface area (Å²) in [4.78, 5) is 19.9. The molecule has 0 bridgehead atoms. The lowest BCUT2D eigenvalue weighted by atomic mass is 10.2. The number of rotatable bonds is 4. The number of nitrogens with one attached hydrogen (secondary N) is 2. The Hall–Kier alpha value is -2.15. The summed E-state index contributed by atoms with van der Waals surface area (Å²) in [6, 6.07) is 3.28. The van der Waals surface area contributed by atoms with Crippen LogP contribution in [0.2, 0.25) is 5.15 Å². The van der Waals surface area contributed by atoms with Gasteiger partial charge in [-0.2, -0.15) is 4.98 Å². The Morgan fingerprint density at radius 3 is 2.95 bits per heavy atom. The van der Waals surface area contributed by atoms with Gasteiger partial charge in [-0.15, -0.1) is 5.10 Å². The van der Waals surface area contributed by atoms with E-state index in [0.29, 0.717) is 17.9 Å². The summed E-state index contributed by atoms with van der Waals surface area (Å²) in [6.45, 7) is 4.02. The predicted molar refractivity (Wildman–Crippen MR) is 69.5 cm³/mol. The minimum Gasteiger partial charge on any atom is -0.463 e. The Morgan fingerprint density at radius 1 is 1.47 bits per heavy atom. The minimum absolute atomic E-state index is 0.182. The van der Waals surface area contributed by atoms with Gasteiger partial charge in [0.05, 0.1) is 6.61 Å². The van der Waals surface area contributed by atoms with Crippen molar-refractivity contribution in [3.05, 3.63) is 28.5 Å². The number of carbonyl (C=O) groups is 1. The van der Waals surface area contributed by atoms with Gasteiger partial charge in [-0.3, -0.25) is 10.1 Å². The van der Waals surface area contributed by atoms with Crippen molar-refractivity contribution in [1.82, 2.24) is 20.2 Å². The fourth-order valence-corrected chi connectivity index (χ4v) is 1.69. The summed E-state index contributed by atoms with van der Waals surface area (Å²) < 4.78 is 5.08. The Labute approximate surface area is 114 Å². The largest absolute Gasteiger partial charge is 0.463 e. The highest BCUT2D eigenvalue weighted by Gasteiger charge is 2.11. The summed E-state index contributed by atoms with van der Waals surface area (Å²) in [6.07, 6.45) is 0. The number of carbonyl (C=O) groups excluding carboxylic acids is 1. The molecule has 2 N–H and O–H groups in total. The van der Waals surface area contributed by atoms with Crippen LogP contribution in [0.5, 0.6) is 6.01 Å². The molecule has 0 unspecified atom stereocenters. The van der Waals surface area contributed by atoms with E-state index in [2.05, 4.69) is 25.5 Å². The second-order valence-electron chi connectivity index (χ2n) is 3.67. The summed E-state index contributed by atoms with van der Waals surface area (Å²) in [7, 11) is 0. The van der Waals surface area contributed by atoms with Crippen molar-refractivity contribution in [3.63, 3.8) is 0 Å². The van der Waals surface area contributed by atoms with Crippen LogP contribution in [0.1, 0.15) is 23.0 Å². The normalized spacial score (nSPS) is 10.3. The number of ether oxygens (including phenoxy) is 1. The molecule has 0 spiro atoms. The lowest BCUT2D eigenvalue weighted by molar-refractivity contribution is 0.102. The number of anilines is 1. The summed E-state index contributed by atoms with van der Waals surface area (Å²) in [5.74, 6) is -0.148. The fourth-order valence-electron chi connectivity index (χ4n) is 1.43. The van der Waals surface area contributed by atoms with Crippen molar-refractivity contribution < 1.29 is 9.53 Å². The number of pyridine rings is 1. The quantitative estimate of drug-likeness (QED) is 0.834. The molecular formula is C11H12ClN5O2. The maximum atomic E-state index is 12.0. The molecule has 2 heterocycles. The van der Waals surface area contributed by atoms with E-state index in [-0.39, 0.29) is 23.0 Å². The van der Waals surface area contributed by atoms with Crippen LogP contribution in [0.25, 0.3) is 0 Å². The van der Waals surface area contributed by atoms with E-state index < -0.39 is 0 Å². The molecule has 0 fully saturated rings. The number of aryl methyl sites for hydroxylation is 1. The van der Waals surface area contributed by atoms with Gasteiger partial charge in [0.25, 0.3) is 5.91 Å². The molecule has 0 saturated heterocycles. The SMILES string of the molecule is CCOc1n[nH]c(NC(=O)c2cc(C)nc(Cl)c2)n1. The average molecular weight is 282 g/mol. The Bertz CT molecular complexity index is 578. The molecular weight excluding hydrogens is 270 g/mol. The van der Waals surface area contributed by atoms with Crippen LogP contribution in [-0.2, 0) is 0 Å². The summed E-state index contributed by atoms with van der Waals surface area (Å²) in [5.41, 5.74) is 1.05. The van der Waals surface area contributed by atoms with E-state index in [9.17, 15) is 4.79 Å². The van der Waals surface area contributed by atoms with Crippen LogP contribution >= 0.6 is 11.6 Å². The molecule has 2 rings (SSSR count). The van der Waals surface area contributed by atoms with Crippen LogP contribution in [-0.4, -0.2) is 32.7 Å². The molecule has 0 aliphatic carbocycles. The van der Waals surface area contributed by atoms with Crippen molar-refractivity contribution in [1.29, 1.82) is 0 Å². The lowest BCUT2D eigenvalue weighted by Gasteiger charge is -2.03. The molecule has 19 heavy (non-hydrogen) atoms. The number of amides is 1. The minimum atomic E-state index is -0.355. The highest BCUT2D eigenvalue weighted by Crippen LogP contribution is 2.12. The van der Waals surface area contributed by atoms with Gasteiger partial charge in [0.15, 0.2) is 0 Å². The van der Waals surface area contributed by atoms with Crippen molar-refractivity contribution in [2.24, 2.45) is 0 Å². The molecule has 2 aromatic rings. The van der Waals surface area contributed by atoms with Crippen molar-refractivity contribution in [2.75, 3.05) is 11.9 Å². The number of hydrogen-bond acceptors (Lipinski definition) is 5. The zero-order valence-electron chi connectivity index (χ0n) is 10.4. The monoisotopic (exact) mass is 281 g/mol. The molecule has 0 aliphatic heterocycles. The highest BCUT2D eigenvalue weighted by molar-refractivity contribution is 6.29. The first-order valence-electron chi connectivity index (χ1n) is 5.59. The van der Waals surface area contributed by atoms with Gasteiger partial charge < -0.3 is 4.74 Å². The third-order valence-corrected chi connectivity index (χ3v) is 2.35. The summed E-state index contributed by atoms with van der Waals surface area (Å²) in [5, 5.41) is 9.15. The van der Waals surface area contributed by atoms with Crippen LogP contribution in [0, 0.1) is 6.92 Å².